The number of nitrogens with zero attached hydrogens (tertiary/aromatic N) is 1. The molecular formula is C29H24BrCl2NO5S2. The summed E-state index contributed by atoms with van der Waals surface area (Å²) in [4.78, 5) is 28.2. The summed E-state index contributed by atoms with van der Waals surface area (Å²) >= 11 is 22.8. The molecule has 1 atom stereocenters. The highest BCUT2D eigenvalue weighted by Crippen LogP contribution is 2.42. The molecule has 0 N–H and O–H groups in total. The second-order valence-electron chi connectivity index (χ2n) is 8.37. The van der Waals surface area contributed by atoms with Gasteiger partial charge >= 0.3 is 5.97 Å². The third-order valence-corrected chi connectivity index (χ3v) is 8.39. The minimum Gasteiger partial charge on any atom is -0.490 e. The smallest absolute Gasteiger partial charge is 0.333 e. The SMILES string of the molecule is CCOC(=O)C(c1ccccc1)N1C(=O)/C(=C/c2cc(Br)c(OCc3c(Cl)cccc3Cl)c(OCC)c2)SC1=S. The van der Waals surface area contributed by atoms with Gasteiger partial charge in [0, 0.05) is 15.6 Å². The van der Waals surface area contributed by atoms with Crippen LogP contribution in [0.3, 0.4) is 0 Å². The number of thioether (sulfide) groups is 1. The van der Waals surface area contributed by atoms with Gasteiger partial charge in [0.1, 0.15) is 10.9 Å². The molecule has 0 spiro atoms. The summed E-state index contributed by atoms with van der Waals surface area (Å²) in [5.74, 6) is -0.00289. The topological polar surface area (TPSA) is 65.1 Å². The molecule has 3 aromatic rings. The average Bonchev–Trinajstić information content (AvgIpc) is 3.18. The lowest BCUT2D eigenvalue weighted by Crippen LogP contribution is -2.38. The van der Waals surface area contributed by atoms with Crippen LogP contribution in [0, 0.1) is 0 Å². The highest BCUT2D eigenvalue weighted by molar-refractivity contribution is 9.10. The lowest BCUT2D eigenvalue weighted by atomic mass is 10.1. The lowest BCUT2D eigenvalue weighted by Gasteiger charge is -2.25. The van der Waals surface area contributed by atoms with Gasteiger partial charge in [-0.2, -0.15) is 0 Å². The Hall–Kier alpha value is -2.56. The van der Waals surface area contributed by atoms with E-state index in [0.717, 1.165) is 11.8 Å². The molecule has 1 heterocycles. The molecule has 1 aliphatic heterocycles. The number of thiocarbonyl (C=S) groups is 1. The number of carbonyl (C=O) groups is 2. The number of hydrogen-bond donors (Lipinski definition) is 0. The van der Waals surface area contributed by atoms with E-state index in [1.54, 1.807) is 67.6 Å². The van der Waals surface area contributed by atoms with Crippen molar-refractivity contribution in [1.29, 1.82) is 0 Å². The minimum absolute atomic E-state index is 0.129. The van der Waals surface area contributed by atoms with Gasteiger partial charge in [0.25, 0.3) is 5.91 Å². The fraction of sp³-hybridized carbons (Fsp3) is 0.207. The van der Waals surface area contributed by atoms with Gasteiger partial charge in [0.15, 0.2) is 17.5 Å². The molecule has 3 aromatic carbocycles. The van der Waals surface area contributed by atoms with Crippen LogP contribution in [0.1, 0.15) is 36.6 Å². The summed E-state index contributed by atoms with van der Waals surface area (Å²) in [6, 6.07) is 16.8. The molecule has 0 aromatic heterocycles. The number of esters is 1. The summed E-state index contributed by atoms with van der Waals surface area (Å²) in [7, 11) is 0. The van der Waals surface area contributed by atoms with E-state index in [2.05, 4.69) is 15.9 Å². The van der Waals surface area contributed by atoms with Crippen LogP contribution in [0.25, 0.3) is 6.08 Å². The summed E-state index contributed by atoms with van der Waals surface area (Å²) in [6.07, 6.45) is 1.70. The Morgan fingerprint density at radius 3 is 2.40 bits per heavy atom. The Morgan fingerprint density at radius 1 is 1.05 bits per heavy atom. The summed E-state index contributed by atoms with van der Waals surface area (Å²) in [6.45, 7) is 4.27. The molecule has 1 saturated heterocycles. The lowest BCUT2D eigenvalue weighted by molar-refractivity contribution is -0.151. The molecule has 0 saturated carbocycles. The van der Waals surface area contributed by atoms with E-state index in [1.165, 1.54) is 4.90 Å². The zero-order valence-electron chi connectivity index (χ0n) is 21.5. The van der Waals surface area contributed by atoms with Crippen molar-refractivity contribution in [2.75, 3.05) is 13.2 Å². The molecule has 1 fully saturated rings. The molecule has 0 bridgehead atoms. The number of ether oxygens (including phenoxy) is 3. The standard InChI is InChI=1S/C29H24BrCl2NO5S2/c1-3-36-23-14-17(13-20(30)26(23)38-16-19-21(31)11-8-12-22(19)32)15-24-27(34)33(29(39)40-24)25(28(35)37-4-2)18-9-6-5-7-10-18/h5-15,25H,3-4,16H2,1-2H3/b24-15-. The molecule has 0 aliphatic carbocycles. The molecule has 11 heteroatoms. The van der Waals surface area contributed by atoms with E-state index >= 15 is 0 Å². The van der Waals surface area contributed by atoms with Crippen LogP contribution in [0.2, 0.25) is 10.0 Å². The maximum Gasteiger partial charge on any atom is 0.333 e. The molecule has 40 heavy (non-hydrogen) atoms. The number of amides is 1. The van der Waals surface area contributed by atoms with Crippen LogP contribution in [-0.4, -0.2) is 34.3 Å². The highest BCUT2D eigenvalue weighted by Gasteiger charge is 2.42. The Kier molecular flexibility index (Phi) is 10.5. The third kappa shape index (κ3) is 6.83. The summed E-state index contributed by atoms with van der Waals surface area (Å²) in [5, 5.41) is 0.994. The normalized spacial score (nSPS) is 14.9. The fourth-order valence-corrected chi connectivity index (χ4v) is 6.38. The fourth-order valence-electron chi connectivity index (χ4n) is 3.99. The van der Waals surface area contributed by atoms with Gasteiger partial charge in [-0.05, 0) is 71.2 Å². The van der Waals surface area contributed by atoms with E-state index in [4.69, 9.17) is 49.6 Å². The Balaban J connectivity index is 1.64. The summed E-state index contributed by atoms with van der Waals surface area (Å²) in [5.41, 5.74) is 1.94. The average molecular weight is 681 g/mol. The Bertz CT molecular complexity index is 1450. The molecule has 1 unspecified atom stereocenters. The van der Waals surface area contributed by atoms with Gasteiger partial charge in [-0.1, -0.05) is 83.6 Å². The van der Waals surface area contributed by atoms with Gasteiger partial charge in [-0.15, -0.1) is 0 Å². The molecule has 1 aliphatic rings. The Labute approximate surface area is 260 Å². The molecule has 1 amide bonds. The van der Waals surface area contributed by atoms with Gasteiger partial charge < -0.3 is 14.2 Å². The maximum atomic E-state index is 13.6. The van der Waals surface area contributed by atoms with Crippen molar-refractivity contribution in [2.45, 2.75) is 26.5 Å². The van der Waals surface area contributed by atoms with Crippen molar-refractivity contribution in [2.24, 2.45) is 0 Å². The number of carbonyl (C=O) groups excluding carboxylic acids is 2. The number of rotatable bonds is 10. The number of hydrogen-bond acceptors (Lipinski definition) is 7. The van der Waals surface area contributed by atoms with Gasteiger partial charge in [-0.25, -0.2) is 4.79 Å². The zero-order chi connectivity index (χ0) is 28.8. The van der Waals surface area contributed by atoms with Crippen molar-refractivity contribution < 1.29 is 23.8 Å². The molecule has 208 valence electrons. The van der Waals surface area contributed by atoms with Gasteiger partial charge in [-0.3, -0.25) is 9.69 Å². The van der Waals surface area contributed by atoms with E-state index in [9.17, 15) is 9.59 Å². The van der Waals surface area contributed by atoms with Gasteiger partial charge in [0.05, 0.1) is 22.6 Å². The quantitative estimate of drug-likeness (QED) is 0.121. The van der Waals surface area contributed by atoms with Crippen molar-refractivity contribution >= 4 is 85.4 Å². The zero-order valence-corrected chi connectivity index (χ0v) is 26.2. The first kappa shape index (κ1) is 30.4. The van der Waals surface area contributed by atoms with Crippen LogP contribution in [-0.2, 0) is 20.9 Å². The van der Waals surface area contributed by atoms with Crippen LogP contribution >= 0.6 is 63.1 Å². The second-order valence-corrected chi connectivity index (χ2v) is 11.7. The minimum atomic E-state index is -0.988. The second kappa shape index (κ2) is 13.9. The molecule has 4 rings (SSSR count). The van der Waals surface area contributed by atoms with Crippen LogP contribution in [0.4, 0.5) is 0 Å². The van der Waals surface area contributed by atoms with Crippen LogP contribution in [0.5, 0.6) is 11.5 Å². The molecule has 0 radical (unpaired) electrons. The van der Waals surface area contributed by atoms with Crippen LogP contribution < -0.4 is 9.47 Å². The van der Waals surface area contributed by atoms with E-state index < -0.39 is 12.0 Å². The van der Waals surface area contributed by atoms with Crippen molar-refractivity contribution in [3.8, 4) is 11.5 Å². The van der Waals surface area contributed by atoms with Gasteiger partial charge in [0.2, 0.25) is 0 Å². The first-order chi connectivity index (χ1) is 19.2. The number of benzene rings is 3. The van der Waals surface area contributed by atoms with Crippen molar-refractivity contribution in [1.82, 2.24) is 4.90 Å². The van der Waals surface area contributed by atoms with Crippen LogP contribution in [0.15, 0.2) is 70.0 Å². The predicted molar refractivity (Wildman–Crippen MR) is 167 cm³/mol. The third-order valence-electron chi connectivity index (χ3n) is 5.76. The largest absolute Gasteiger partial charge is 0.490 e. The van der Waals surface area contributed by atoms with Crippen molar-refractivity contribution in [3.05, 3.63) is 96.8 Å². The van der Waals surface area contributed by atoms with E-state index in [-0.39, 0.29) is 23.4 Å². The maximum absolute atomic E-state index is 13.6. The molecule has 6 nitrogen and oxygen atoms in total. The first-order valence-corrected chi connectivity index (χ1v) is 15.0. The van der Waals surface area contributed by atoms with E-state index in [1.807, 2.05) is 13.0 Å². The first-order valence-electron chi connectivity index (χ1n) is 12.3. The van der Waals surface area contributed by atoms with Crippen molar-refractivity contribution in [3.63, 3.8) is 0 Å². The highest BCUT2D eigenvalue weighted by atomic mass is 79.9. The predicted octanol–water partition coefficient (Wildman–Crippen LogP) is 8.24. The van der Waals surface area contributed by atoms with E-state index in [0.29, 0.717) is 54.2 Å². The molecular weight excluding hydrogens is 657 g/mol. The summed E-state index contributed by atoms with van der Waals surface area (Å²) < 4.78 is 18.1. The Morgan fingerprint density at radius 2 is 1.75 bits per heavy atom. The monoisotopic (exact) mass is 679 g/mol. The number of halogens is 3.